The van der Waals surface area contributed by atoms with E-state index in [1.54, 1.807) is 30.3 Å². The van der Waals surface area contributed by atoms with Gasteiger partial charge < -0.3 is 24.4 Å². The van der Waals surface area contributed by atoms with E-state index in [0.29, 0.717) is 55.1 Å². The van der Waals surface area contributed by atoms with E-state index in [-0.39, 0.29) is 24.7 Å². The Balaban J connectivity index is 1.13. The van der Waals surface area contributed by atoms with Crippen molar-refractivity contribution in [3.8, 4) is 17.2 Å². The van der Waals surface area contributed by atoms with Crippen molar-refractivity contribution in [1.82, 2.24) is 9.80 Å². The minimum atomic E-state index is -0.196. The van der Waals surface area contributed by atoms with E-state index in [4.69, 9.17) is 25.8 Å². The summed E-state index contributed by atoms with van der Waals surface area (Å²) in [5, 5.41) is 3.51. The highest BCUT2D eigenvalue weighted by atomic mass is 35.5. The van der Waals surface area contributed by atoms with Crippen molar-refractivity contribution in [2.75, 3.05) is 57.9 Å². The first kappa shape index (κ1) is 23.2. The van der Waals surface area contributed by atoms with Gasteiger partial charge in [0.2, 0.25) is 11.8 Å². The van der Waals surface area contributed by atoms with Crippen LogP contribution in [-0.2, 0) is 9.59 Å². The lowest BCUT2D eigenvalue weighted by Gasteiger charge is -2.34. The molecule has 1 saturated heterocycles. The SMILES string of the molecule is O=C(CCC(=O)N1CCN(CCOc2ccc(Cl)cc2)CC1)Nc1ccc2c(c1)OCCO2. The van der Waals surface area contributed by atoms with Crippen LogP contribution in [-0.4, -0.2) is 74.2 Å². The topological polar surface area (TPSA) is 80.3 Å². The molecule has 0 spiro atoms. The fraction of sp³-hybridized carbons (Fsp3) is 0.417. The van der Waals surface area contributed by atoms with Crippen molar-refractivity contribution in [1.29, 1.82) is 0 Å². The smallest absolute Gasteiger partial charge is 0.224 e. The van der Waals surface area contributed by atoms with E-state index >= 15 is 0 Å². The van der Waals surface area contributed by atoms with E-state index < -0.39 is 0 Å². The van der Waals surface area contributed by atoms with Crippen LogP contribution < -0.4 is 19.5 Å². The number of hydrogen-bond acceptors (Lipinski definition) is 6. The standard InChI is InChI=1S/C24H28ClN3O5/c25-18-1-4-20(5-2-18)31-14-13-27-9-11-28(12-10-27)24(30)8-7-23(29)26-19-3-6-21-22(17-19)33-16-15-32-21/h1-6,17H,7-16H2,(H,26,29). The van der Waals surface area contributed by atoms with Crippen LogP contribution in [0.3, 0.4) is 0 Å². The number of fused-ring (bicyclic) bond motifs is 1. The Morgan fingerprint density at radius 3 is 2.42 bits per heavy atom. The molecule has 1 fully saturated rings. The molecule has 8 nitrogen and oxygen atoms in total. The van der Waals surface area contributed by atoms with Gasteiger partial charge in [-0.1, -0.05) is 11.6 Å². The summed E-state index contributed by atoms with van der Waals surface area (Å²) in [5.74, 6) is 1.89. The zero-order valence-electron chi connectivity index (χ0n) is 18.4. The first-order valence-electron chi connectivity index (χ1n) is 11.1. The van der Waals surface area contributed by atoms with Gasteiger partial charge in [0.15, 0.2) is 11.5 Å². The van der Waals surface area contributed by atoms with Gasteiger partial charge in [-0.15, -0.1) is 0 Å². The second kappa shape index (κ2) is 11.2. The Morgan fingerprint density at radius 1 is 0.939 bits per heavy atom. The maximum Gasteiger partial charge on any atom is 0.224 e. The van der Waals surface area contributed by atoms with Gasteiger partial charge in [-0.2, -0.15) is 0 Å². The van der Waals surface area contributed by atoms with Crippen LogP contribution in [0.15, 0.2) is 42.5 Å². The Labute approximate surface area is 198 Å². The molecule has 9 heteroatoms. The van der Waals surface area contributed by atoms with Crippen molar-refractivity contribution < 1.29 is 23.8 Å². The molecule has 0 bridgehead atoms. The van der Waals surface area contributed by atoms with Crippen LogP contribution in [0, 0.1) is 0 Å². The number of halogens is 1. The monoisotopic (exact) mass is 473 g/mol. The van der Waals surface area contributed by atoms with Crippen LogP contribution in [0.25, 0.3) is 0 Å². The van der Waals surface area contributed by atoms with Crippen molar-refractivity contribution in [3.63, 3.8) is 0 Å². The Hall–Kier alpha value is -2.97. The van der Waals surface area contributed by atoms with Crippen LogP contribution in [0.2, 0.25) is 5.02 Å². The van der Waals surface area contributed by atoms with Crippen LogP contribution in [0.1, 0.15) is 12.8 Å². The average Bonchev–Trinajstić information content (AvgIpc) is 2.84. The van der Waals surface area contributed by atoms with Crippen LogP contribution in [0.5, 0.6) is 17.2 Å². The molecule has 2 aliphatic heterocycles. The van der Waals surface area contributed by atoms with Gasteiger partial charge in [-0.05, 0) is 36.4 Å². The van der Waals surface area contributed by atoms with E-state index in [0.717, 1.165) is 25.4 Å². The fourth-order valence-electron chi connectivity index (χ4n) is 3.77. The second-order valence-electron chi connectivity index (χ2n) is 7.93. The summed E-state index contributed by atoms with van der Waals surface area (Å²) in [6.45, 7) is 5.28. The average molecular weight is 474 g/mol. The molecule has 0 radical (unpaired) electrons. The number of piperazine rings is 1. The maximum atomic E-state index is 12.5. The number of anilines is 1. The molecule has 2 aromatic carbocycles. The number of carbonyl (C=O) groups is 2. The third-order valence-electron chi connectivity index (χ3n) is 5.61. The second-order valence-corrected chi connectivity index (χ2v) is 8.37. The van der Waals surface area contributed by atoms with Crippen molar-refractivity contribution in [3.05, 3.63) is 47.5 Å². The molecule has 33 heavy (non-hydrogen) atoms. The molecule has 2 heterocycles. The van der Waals surface area contributed by atoms with Crippen LogP contribution in [0.4, 0.5) is 5.69 Å². The van der Waals surface area contributed by atoms with Crippen molar-refractivity contribution in [2.45, 2.75) is 12.8 Å². The lowest BCUT2D eigenvalue weighted by atomic mass is 10.2. The molecule has 0 unspecified atom stereocenters. The lowest BCUT2D eigenvalue weighted by Crippen LogP contribution is -2.49. The van der Waals surface area contributed by atoms with Gasteiger partial charge in [-0.3, -0.25) is 14.5 Å². The third-order valence-corrected chi connectivity index (χ3v) is 5.86. The predicted molar refractivity (Wildman–Crippen MR) is 125 cm³/mol. The molecule has 0 aliphatic carbocycles. The Bertz CT molecular complexity index is 961. The number of nitrogens with zero attached hydrogens (tertiary/aromatic N) is 2. The number of amides is 2. The zero-order valence-corrected chi connectivity index (χ0v) is 19.2. The maximum absolute atomic E-state index is 12.5. The largest absolute Gasteiger partial charge is 0.492 e. The normalized spacial score (nSPS) is 15.7. The summed E-state index contributed by atoms with van der Waals surface area (Å²) in [5.41, 5.74) is 0.631. The summed E-state index contributed by atoms with van der Waals surface area (Å²) in [4.78, 5) is 28.9. The molecule has 2 aliphatic rings. The van der Waals surface area contributed by atoms with E-state index in [2.05, 4.69) is 10.2 Å². The highest BCUT2D eigenvalue weighted by Crippen LogP contribution is 2.32. The minimum Gasteiger partial charge on any atom is -0.492 e. The van der Waals surface area contributed by atoms with Crippen molar-refractivity contribution >= 4 is 29.1 Å². The molecule has 0 atom stereocenters. The Morgan fingerprint density at radius 2 is 1.67 bits per heavy atom. The summed E-state index contributed by atoms with van der Waals surface area (Å²) >= 11 is 5.88. The number of rotatable bonds is 8. The molecule has 0 saturated carbocycles. The summed E-state index contributed by atoms with van der Waals surface area (Å²) in [7, 11) is 0. The molecule has 4 rings (SSSR count). The first-order chi connectivity index (χ1) is 16.1. The summed E-state index contributed by atoms with van der Waals surface area (Å²) in [6, 6.07) is 12.6. The van der Waals surface area contributed by atoms with Crippen molar-refractivity contribution in [2.24, 2.45) is 0 Å². The van der Waals surface area contributed by atoms with Crippen LogP contribution >= 0.6 is 11.6 Å². The quantitative estimate of drug-likeness (QED) is 0.634. The fourth-order valence-corrected chi connectivity index (χ4v) is 3.89. The molecule has 2 amide bonds. The number of hydrogen-bond donors (Lipinski definition) is 1. The Kier molecular flexibility index (Phi) is 7.91. The number of ether oxygens (including phenoxy) is 3. The first-order valence-corrected chi connectivity index (χ1v) is 11.5. The van der Waals surface area contributed by atoms with Gasteiger partial charge in [0, 0.05) is 62.3 Å². The molecule has 176 valence electrons. The van der Waals surface area contributed by atoms with Gasteiger partial charge in [0.25, 0.3) is 0 Å². The number of carbonyl (C=O) groups excluding carboxylic acids is 2. The number of nitrogens with one attached hydrogen (secondary N) is 1. The molecule has 1 N–H and O–H groups in total. The molecule has 0 aromatic heterocycles. The highest BCUT2D eigenvalue weighted by molar-refractivity contribution is 6.30. The molecular formula is C24H28ClN3O5. The lowest BCUT2D eigenvalue weighted by molar-refractivity contribution is -0.134. The predicted octanol–water partition coefficient (Wildman–Crippen LogP) is 3.05. The summed E-state index contributed by atoms with van der Waals surface area (Å²) < 4.78 is 16.8. The highest BCUT2D eigenvalue weighted by Gasteiger charge is 2.21. The van der Waals surface area contributed by atoms with Gasteiger partial charge in [-0.25, -0.2) is 0 Å². The summed E-state index contributed by atoms with van der Waals surface area (Å²) in [6.07, 6.45) is 0.332. The van der Waals surface area contributed by atoms with Gasteiger partial charge in [0.05, 0.1) is 0 Å². The van der Waals surface area contributed by atoms with Gasteiger partial charge >= 0.3 is 0 Å². The minimum absolute atomic E-state index is 0.00406. The van der Waals surface area contributed by atoms with E-state index in [1.165, 1.54) is 0 Å². The zero-order chi connectivity index (χ0) is 23.0. The molecular weight excluding hydrogens is 446 g/mol. The number of benzene rings is 2. The van der Waals surface area contributed by atoms with E-state index in [9.17, 15) is 9.59 Å². The van der Waals surface area contributed by atoms with E-state index in [1.807, 2.05) is 17.0 Å². The third kappa shape index (κ3) is 6.76. The molecule has 2 aromatic rings. The van der Waals surface area contributed by atoms with Gasteiger partial charge in [0.1, 0.15) is 25.6 Å².